The van der Waals surface area contributed by atoms with Crippen LogP contribution in [-0.2, 0) is 11.2 Å². The molecule has 0 saturated heterocycles. The van der Waals surface area contributed by atoms with Crippen molar-refractivity contribution in [1.29, 1.82) is 0 Å². The van der Waals surface area contributed by atoms with Crippen LogP contribution < -0.4 is 5.32 Å². The van der Waals surface area contributed by atoms with Crippen molar-refractivity contribution in [2.24, 2.45) is 0 Å². The summed E-state index contributed by atoms with van der Waals surface area (Å²) in [5, 5.41) is 11.9. The summed E-state index contributed by atoms with van der Waals surface area (Å²) in [6, 6.07) is 10.9. The van der Waals surface area contributed by atoms with Gasteiger partial charge in [-0.15, -0.1) is 0 Å². The van der Waals surface area contributed by atoms with Crippen molar-refractivity contribution in [2.45, 2.75) is 20.3 Å². The van der Waals surface area contributed by atoms with E-state index in [1.807, 2.05) is 13.8 Å². The predicted octanol–water partition coefficient (Wildman–Crippen LogP) is 3.70. The molecule has 0 unspecified atom stereocenters. The molecule has 0 saturated carbocycles. The van der Waals surface area contributed by atoms with Gasteiger partial charge in [0.25, 0.3) is 5.91 Å². The van der Waals surface area contributed by atoms with Crippen molar-refractivity contribution in [2.75, 3.05) is 18.4 Å². The Morgan fingerprint density at radius 2 is 1.67 bits per heavy atom. The van der Waals surface area contributed by atoms with E-state index in [4.69, 9.17) is 16.7 Å². The minimum absolute atomic E-state index is 0.0949. The van der Waals surface area contributed by atoms with Gasteiger partial charge >= 0.3 is 5.97 Å². The summed E-state index contributed by atoms with van der Waals surface area (Å²) >= 11 is 6.22. The van der Waals surface area contributed by atoms with Crippen LogP contribution in [0, 0.1) is 0 Å². The van der Waals surface area contributed by atoms with E-state index in [9.17, 15) is 14.4 Å². The lowest BCUT2D eigenvalue weighted by atomic mass is 10.1. The Morgan fingerprint density at radius 1 is 1.04 bits per heavy atom. The Kier molecular flexibility index (Phi) is 6.96. The van der Waals surface area contributed by atoms with Gasteiger partial charge in [0.1, 0.15) is 0 Å². The van der Waals surface area contributed by atoms with E-state index < -0.39 is 5.97 Å². The van der Waals surface area contributed by atoms with E-state index >= 15 is 0 Å². The molecule has 2 rings (SSSR count). The number of anilines is 1. The fraction of sp³-hybridized carbons (Fsp3) is 0.250. The number of halogens is 1. The van der Waals surface area contributed by atoms with Crippen molar-refractivity contribution in [3.8, 4) is 0 Å². The SMILES string of the molecule is CCN(CC)C(=O)c1ccc(NC(=O)Cc2ccc(C(=O)O)cc2)cc1Cl. The molecule has 2 N–H and O–H groups in total. The standard InChI is InChI=1S/C20H21ClN2O4/c1-3-23(4-2)19(25)16-10-9-15(12-17(16)21)22-18(24)11-13-5-7-14(8-6-13)20(26)27/h5-10,12H,3-4,11H2,1-2H3,(H,22,24)(H,26,27). The topological polar surface area (TPSA) is 86.7 Å². The first-order valence-corrected chi connectivity index (χ1v) is 8.94. The molecular weight excluding hydrogens is 368 g/mol. The van der Waals surface area contributed by atoms with Gasteiger partial charge in [-0.05, 0) is 49.7 Å². The number of amides is 2. The summed E-state index contributed by atoms with van der Waals surface area (Å²) in [4.78, 5) is 37.1. The third-order valence-electron chi connectivity index (χ3n) is 4.10. The Balaban J connectivity index is 2.04. The zero-order valence-corrected chi connectivity index (χ0v) is 15.9. The maximum absolute atomic E-state index is 12.4. The number of aromatic carboxylic acids is 1. The van der Waals surface area contributed by atoms with Gasteiger partial charge < -0.3 is 15.3 Å². The number of nitrogens with zero attached hydrogens (tertiary/aromatic N) is 1. The molecule has 0 aliphatic carbocycles. The number of hydrogen-bond acceptors (Lipinski definition) is 3. The van der Waals surface area contributed by atoms with E-state index in [1.54, 1.807) is 35.2 Å². The van der Waals surface area contributed by atoms with E-state index in [1.165, 1.54) is 12.1 Å². The highest BCUT2D eigenvalue weighted by atomic mass is 35.5. The molecule has 0 aromatic heterocycles. The van der Waals surface area contributed by atoms with Gasteiger partial charge in [-0.3, -0.25) is 9.59 Å². The second-order valence-electron chi connectivity index (χ2n) is 5.90. The number of carbonyl (C=O) groups excluding carboxylic acids is 2. The molecule has 142 valence electrons. The van der Waals surface area contributed by atoms with Gasteiger partial charge in [0.2, 0.25) is 5.91 Å². The van der Waals surface area contributed by atoms with Crippen LogP contribution in [0.2, 0.25) is 5.02 Å². The molecule has 0 radical (unpaired) electrons. The summed E-state index contributed by atoms with van der Waals surface area (Å²) in [5.41, 5.74) is 1.74. The summed E-state index contributed by atoms with van der Waals surface area (Å²) in [6.45, 7) is 4.97. The Bertz CT molecular complexity index is 846. The molecule has 0 bridgehead atoms. The lowest BCUT2D eigenvalue weighted by molar-refractivity contribution is -0.115. The number of hydrogen-bond donors (Lipinski definition) is 2. The Labute approximate surface area is 162 Å². The molecule has 7 heteroatoms. The molecule has 6 nitrogen and oxygen atoms in total. The fourth-order valence-corrected chi connectivity index (χ4v) is 2.86. The van der Waals surface area contributed by atoms with E-state index in [0.29, 0.717) is 29.9 Å². The minimum Gasteiger partial charge on any atom is -0.478 e. The van der Waals surface area contributed by atoms with Gasteiger partial charge in [-0.1, -0.05) is 23.7 Å². The minimum atomic E-state index is -1.01. The zero-order chi connectivity index (χ0) is 20.0. The summed E-state index contributed by atoms with van der Waals surface area (Å²) in [7, 11) is 0. The quantitative estimate of drug-likeness (QED) is 0.757. The van der Waals surface area contributed by atoms with Crippen LogP contribution in [0.1, 0.15) is 40.1 Å². The van der Waals surface area contributed by atoms with Crippen LogP contribution >= 0.6 is 11.6 Å². The number of carboxylic acid groups (broad SMARTS) is 1. The summed E-state index contributed by atoms with van der Waals surface area (Å²) in [6.07, 6.45) is 0.0949. The molecule has 0 atom stereocenters. The largest absolute Gasteiger partial charge is 0.478 e. The van der Waals surface area contributed by atoms with Crippen molar-refractivity contribution < 1.29 is 19.5 Å². The average Bonchev–Trinajstić information content (AvgIpc) is 2.63. The maximum atomic E-state index is 12.4. The van der Waals surface area contributed by atoms with Gasteiger partial charge in [-0.2, -0.15) is 0 Å². The van der Waals surface area contributed by atoms with Crippen molar-refractivity contribution in [3.63, 3.8) is 0 Å². The Morgan fingerprint density at radius 3 is 2.19 bits per heavy atom. The molecule has 0 heterocycles. The lowest BCUT2D eigenvalue weighted by Crippen LogP contribution is -2.30. The van der Waals surface area contributed by atoms with Crippen LogP contribution in [0.3, 0.4) is 0 Å². The number of carbonyl (C=O) groups is 3. The monoisotopic (exact) mass is 388 g/mol. The van der Waals surface area contributed by atoms with E-state index in [2.05, 4.69) is 5.32 Å². The molecule has 2 amide bonds. The number of nitrogens with one attached hydrogen (secondary N) is 1. The van der Waals surface area contributed by atoms with Crippen LogP contribution in [0.15, 0.2) is 42.5 Å². The second-order valence-corrected chi connectivity index (χ2v) is 6.31. The fourth-order valence-electron chi connectivity index (χ4n) is 2.60. The lowest BCUT2D eigenvalue weighted by Gasteiger charge is -2.19. The zero-order valence-electron chi connectivity index (χ0n) is 15.2. The molecule has 0 aliphatic heterocycles. The second kappa shape index (κ2) is 9.19. The first kappa shape index (κ1) is 20.5. The van der Waals surface area contributed by atoms with Crippen LogP contribution in [0.5, 0.6) is 0 Å². The van der Waals surface area contributed by atoms with Crippen molar-refractivity contribution >= 4 is 35.1 Å². The highest BCUT2D eigenvalue weighted by Crippen LogP contribution is 2.22. The molecule has 2 aromatic carbocycles. The van der Waals surface area contributed by atoms with Gasteiger partial charge in [0.15, 0.2) is 0 Å². The third-order valence-corrected chi connectivity index (χ3v) is 4.41. The molecule has 2 aromatic rings. The first-order chi connectivity index (χ1) is 12.8. The first-order valence-electron chi connectivity index (χ1n) is 8.56. The average molecular weight is 389 g/mol. The normalized spacial score (nSPS) is 10.3. The number of rotatable bonds is 7. The molecule has 27 heavy (non-hydrogen) atoms. The summed E-state index contributed by atoms with van der Waals surface area (Å²) in [5.74, 6) is -1.43. The smallest absolute Gasteiger partial charge is 0.335 e. The van der Waals surface area contributed by atoms with Gasteiger partial charge in [0.05, 0.1) is 22.6 Å². The number of carboxylic acids is 1. The van der Waals surface area contributed by atoms with Crippen LogP contribution in [0.25, 0.3) is 0 Å². The molecule has 0 fully saturated rings. The number of benzene rings is 2. The van der Waals surface area contributed by atoms with Crippen molar-refractivity contribution in [3.05, 3.63) is 64.2 Å². The Hall–Kier alpha value is -2.86. The maximum Gasteiger partial charge on any atom is 0.335 e. The summed E-state index contributed by atoms with van der Waals surface area (Å²) < 4.78 is 0. The van der Waals surface area contributed by atoms with E-state index in [-0.39, 0.29) is 28.8 Å². The molecule has 0 aliphatic rings. The molecule has 0 spiro atoms. The third kappa shape index (κ3) is 5.31. The van der Waals surface area contributed by atoms with E-state index in [0.717, 1.165) is 0 Å². The highest BCUT2D eigenvalue weighted by Gasteiger charge is 2.16. The van der Waals surface area contributed by atoms with Crippen LogP contribution in [0.4, 0.5) is 5.69 Å². The van der Waals surface area contributed by atoms with Crippen LogP contribution in [-0.4, -0.2) is 40.9 Å². The van der Waals surface area contributed by atoms with Crippen molar-refractivity contribution in [1.82, 2.24) is 4.90 Å². The predicted molar refractivity (Wildman–Crippen MR) is 104 cm³/mol. The highest BCUT2D eigenvalue weighted by molar-refractivity contribution is 6.34. The molecular formula is C20H21ClN2O4. The van der Waals surface area contributed by atoms with Gasteiger partial charge in [-0.25, -0.2) is 4.79 Å². The van der Waals surface area contributed by atoms with Gasteiger partial charge in [0, 0.05) is 18.8 Å².